The molecule has 1 aliphatic heterocycles. The number of hydrogen-bond donors (Lipinski definition) is 1. The number of ether oxygens (including phenoxy) is 1. The molecule has 2 aromatic carbocycles. The molecule has 0 bridgehead atoms. The molecule has 0 saturated carbocycles. The number of rotatable bonds is 6. The largest absolute Gasteiger partial charge is 0.493 e. The van der Waals surface area contributed by atoms with Gasteiger partial charge in [0.2, 0.25) is 5.91 Å². The lowest BCUT2D eigenvalue weighted by atomic mass is 9.93. The number of nitrogens with zero attached hydrogens (tertiary/aromatic N) is 2. The summed E-state index contributed by atoms with van der Waals surface area (Å²) in [7, 11) is 0. The number of carbonyl (C=O) groups excluding carboxylic acids is 1. The number of nitrogens with one attached hydrogen (secondary N) is 1. The van der Waals surface area contributed by atoms with Crippen LogP contribution in [-0.2, 0) is 11.2 Å². The fourth-order valence-corrected chi connectivity index (χ4v) is 5.31. The number of fused-ring (bicyclic) bond motifs is 1. The molecule has 0 atom stereocenters. The first-order valence-electron chi connectivity index (χ1n) is 11.2. The van der Waals surface area contributed by atoms with Crippen LogP contribution in [0.1, 0.15) is 37.1 Å². The third-order valence-electron chi connectivity index (χ3n) is 6.14. The number of thiazole rings is 1. The van der Waals surface area contributed by atoms with Gasteiger partial charge in [0.05, 0.1) is 24.3 Å². The zero-order valence-corrected chi connectivity index (χ0v) is 19.0. The van der Waals surface area contributed by atoms with E-state index in [4.69, 9.17) is 9.72 Å². The minimum atomic E-state index is 0.162. The van der Waals surface area contributed by atoms with Gasteiger partial charge in [0, 0.05) is 35.6 Å². The summed E-state index contributed by atoms with van der Waals surface area (Å²) >= 11 is 1.56. The van der Waals surface area contributed by atoms with Crippen molar-refractivity contribution in [2.24, 2.45) is 0 Å². The van der Waals surface area contributed by atoms with Crippen LogP contribution < -0.4 is 4.74 Å². The Morgan fingerprint density at radius 2 is 1.94 bits per heavy atom. The smallest absolute Gasteiger partial charge is 0.228 e. The lowest BCUT2D eigenvalue weighted by Gasteiger charge is -2.31. The van der Waals surface area contributed by atoms with E-state index in [1.807, 2.05) is 41.5 Å². The molecule has 1 saturated heterocycles. The van der Waals surface area contributed by atoms with Crippen molar-refractivity contribution >= 4 is 28.1 Å². The van der Waals surface area contributed by atoms with Crippen LogP contribution in [-0.4, -0.2) is 40.5 Å². The van der Waals surface area contributed by atoms with Gasteiger partial charge in [-0.1, -0.05) is 30.3 Å². The van der Waals surface area contributed by atoms with Crippen LogP contribution in [0.2, 0.25) is 0 Å². The van der Waals surface area contributed by atoms with E-state index in [0.29, 0.717) is 18.9 Å². The first-order chi connectivity index (χ1) is 15.7. The van der Waals surface area contributed by atoms with Crippen LogP contribution in [0, 0.1) is 0 Å². The van der Waals surface area contributed by atoms with E-state index < -0.39 is 0 Å². The van der Waals surface area contributed by atoms with Gasteiger partial charge in [-0.3, -0.25) is 4.79 Å². The third kappa shape index (κ3) is 4.28. The molecule has 32 heavy (non-hydrogen) atoms. The molecule has 3 heterocycles. The maximum atomic E-state index is 12.9. The Hall–Kier alpha value is -3.12. The Balaban J connectivity index is 1.20. The average Bonchev–Trinajstić information content (AvgIpc) is 3.47. The molecule has 4 aromatic rings. The number of aromatic nitrogens is 2. The number of hydrogen-bond acceptors (Lipinski definition) is 4. The second kappa shape index (κ2) is 9.17. The maximum Gasteiger partial charge on any atom is 0.228 e. The Labute approximate surface area is 192 Å². The van der Waals surface area contributed by atoms with Crippen LogP contribution >= 0.6 is 11.3 Å². The number of amides is 1. The number of H-pyrrole nitrogens is 1. The van der Waals surface area contributed by atoms with E-state index in [2.05, 4.69) is 35.3 Å². The van der Waals surface area contributed by atoms with Crippen LogP contribution in [0.15, 0.2) is 60.0 Å². The summed E-state index contributed by atoms with van der Waals surface area (Å²) < 4.78 is 5.73. The normalized spacial score (nSPS) is 14.7. The lowest BCUT2D eigenvalue weighted by Crippen LogP contribution is -2.38. The van der Waals surface area contributed by atoms with E-state index in [0.717, 1.165) is 47.9 Å². The van der Waals surface area contributed by atoms with E-state index >= 15 is 0 Å². The number of benzene rings is 2. The SMILES string of the molecule is CCOc1ccccc1-c1nc(CC(=O)N2CCC(c3cc4ccccc4[nH]3)CC2)cs1. The van der Waals surface area contributed by atoms with E-state index in [1.165, 1.54) is 16.6 Å². The second-order valence-corrected chi connectivity index (χ2v) is 9.08. The van der Waals surface area contributed by atoms with Gasteiger partial charge in [-0.15, -0.1) is 11.3 Å². The number of likely N-dealkylation sites (tertiary alicyclic amines) is 1. The van der Waals surface area contributed by atoms with Crippen molar-refractivity contribution in [2.75, 3.05) is 19.7 Å². The molecule has 0 unspecified atom stereocenters. The summed E-state index contributed by atoms with van der Waals surface area (Å²) in [6.45, 7) is 4.18. The predicted octanol–water partition coefficient (Wildman–Crippen LogP) is 5.64. The monoisotopic (exact) mass is 445 g/mol. The predicted molar refractivity (Wildman–Crippen MR) is 129 cm³/mol. The fraction of sp³-hybridized carbons (Fsp3) is 0.308. The van der Waals surface area contributed by atoms with Crippen molar-refractivity contribution in [1.82, 2.24) is 14.9 Å². The lowest BCUT2D eigenvalue weighted by molar-refractivity contribution is -0.131. The van der Waals surface area contributed by atoms with Crippen LogP contribution in [0.25, 0.3) is 21.5 Å². The maximum absolute atomic E-state index is 12.9. The van der Waals surface area contributed by atoms with Crippen molar-refractivity contribution in [1.29, 1.82) is 0 Å². The molecule has 1 aliphatic rings. The Kier molecular flexibility index (Phi) is 5.95. The topological polar surface area (TPSA) is 58.2 Å². The summed E-state index contributed by atoms with van der Waals surface area (Å²) in [6.07, 6.45) is 2.33. The van der Waals surface area contributed by atoms with E-state index in [1.54, 1.807) is 11.3 Å². The number of aromatic amines is 1. The highest BCUT2D eigenvalue weighted by atomic mass is 32.1. The van der Waals surface area contributed by atoms with E-state index in [9.17, 15) is 4.79 Å². The molecule has 5 rings (SSSR count). The number of carbonyl (C=O) groups is 1. The Morgan fingerprint density at radius 3 is 2.75 bits per heavy atom. The van der Waals surface area contributed by atoms with Gasteiger partial charge in [0.15, 0.2) is 0 Å². The van der Waals surface area contributed by atoms with Crippen molar-refractivity contribution in [3.05, 3.63) is 71.4 Å². The molecular formula is C26H27N3O2S. The molecule has 1 fully saturated rings. The highest BCUT2D eigenvalue weighted by Gasteiger charge is 2.25. The van der Waals surface area contributed by atoms with Crippen LogP contribution in [0.4, 0.5) is 0 Å². The standard InChI is InChI=1S/C26H27N3O2S/c1-2-31-24-10-6-4-8-21(24)26-27-20(17-32-26)16-25(30)29-13-11-18(12-14-29)23-15-19-7-3-5-9-22(19)28-23/h3-10,15,17-18,28H,2,11-14,16H2,1H3. The average molecular weight is 446 g/mol. The number of piperidine rings is 1. The molecule has 6 heteroatoms. The molecule has 1 N–H and O–H groups in total. The van der Waals surface area contributed by atoms with Gasteiger partial charge < -0.3 is 14.6 Å². The summed E-state index contributed by atoms with van der Waals surface area (Å²) in [5.74, 6) is 1.48. The van der Waals surface area contributed by atoms with Crippen molar-refractivity contribution in [3.63, 3.8) is 0 Å². The molecule has 0 spiro atoms. The molecule has 164 valence electrons. The highest BCUT2D eigenvalue weighted by Crippen LogP contribution is 2.33. The van der Waals surface area contributed by atoms with Gasteiger partial charge in [-0.25, -0.2) is 4.98 Å². The van der Waals surface area contributed by atoms with E-state index in [-0.39, 0.29) is 5.91 Å². The van der Waals surface area contributed by atoms with Crippen LogP contribution in [0.3, 0.4) is 0 Å². The highest BCUT2D eigenvalue weighted by molar-refractivity contribution is 7.13. The van der Waals surface area contributed by atoms with Crippen molar-refractivity contribution in [3.8, 4) is 16.3 Å². The first kappa shape index (κ1) is 20.8. The summed E-state index contributed by atoms with van der Waals surface area (Å²) in [6, 6.07) is 18.6. The summed E-state index contributed by atoms with van der Waals surface area (Å²) in [5, 5.41) is 4.15. The molecule has 0 radical (unpaired) electrons. The second-order valence-electron chi connectivity index (χ2n) is 8.22. The Bertz CT molecular complexity index is 1190. The van der Waals surface area contributed by atoms with Crippen molar-refractivity contribution < 1.29 is 9.53 Å². The fourth-order valence-electron chi connectivity index (χ4n) is 4.46. The molecule has 2 aromatic heterocycles. The van der Waals surface area contributed by atoms with Gasteiger partial charge in [-0.2, -0.15) is 0 Å². The van der Waals surface area contributed by atoms with Crippen LogP contribution in [0.5, 0.6) is 5.75 Å². The molecular weight excluding hydrogens is 418 g/mol. The quantitative estimate of drug-likeness (QED) is 0.418. The third-order valence-corrected chi connectivity index (χ3v) is 7.06. The zero-order chi connectivity index (χ0) is 21.9. The zero-order valence-electron chi connectivity index (χ0n) is 18.2. The minimum Gasteiger partial charge on any atom is -0.493 e. The Morgan fingerprint density at radius 1 is 1.16 bits per heavy atom. The molecule has 5 nitrogen and oxygen atoms in total. The summed E-state index contributed by atoms with van der Waals surface area (Å²) in [5.41, 5.74) is 4.29. The van der Waals surface area contributed by atoms with Gasteiger partial charge >= 0.3 is 0 Å². The van der Waals surface area contributed by atoms with Gasteiger partial charge in [0.1, 0.15) is 10.8 Å². The molecule has 1 amide bonds. The van der Waals surface area contributed by atoms with Gasteiger partial charge in [-0.05, 0) is 49.4 Å². The van der Waals surface area contributed by atoms with Crippen molar-refractivity contribution in [2.45, 2.75) is 32.1 Å². The minimum absolute atomic E-state index is 0.162. The summed E-state index contributed by atoms with van der Waals surface area (Å²) in [4.78, 5) is 23.2. The first-order valence-corrected chi connectivity index (χ1v) is 12.1. The number of para-hydroxylation sites is 2. The molecule has 0 aliphatic carbocycles. The van der Waals surface area contributed by atoms with Gasteiger partial charge in [0.25, 0.3) is 0 Å².